The molecular weight excluding hydrogens is 322 g/mol. The molecule has 0 unspecified atom stereocenters. The highest BCUT2D eigenvalue weighted by atomic mass is 32.1. The van der Waals surface area contributed by atoms with Crippen LogP contribution in [-0.2, 0) is 22.6 Å². The van der Waals surface area contributed by atoms with Gasteiger partial charge in [-0.2, -0.15) is 5.26 Å². The average Bonchev–Trinajstić information content (AvgIpc) is 3.09. The van der Waals surface area contributed by atoms with E-state index in [4.69, 9.17) is 10.00 Å². The number of esters is 1. The normalized spacial score (nSPS) is 10.1. The van der Waals surface area contributed by atoms with E-state index < -0.39 is 0 Å². The van der Waals surface area contributed by atoms with Gasteiger partial charge in [0.15, 0.2) is 0 Å². The third kappa shape index (κ3) is 4.03. The minimum Gasteiger partial charge on any atom is -0.461 e. The van der Waals surface area contributed by atoms with E-state index in [-0.39, 0.29) is 19.0 Å². The highest BCUT2D eigenvalue weighted by Crippen LogP contribution is 2.22. The number of benzene rings is 1. The summed E-state index contributed by atoms with van der Waals surface area (Å²) in [5.41, 5.74) is 3.04. The number of pyridine rings is 1. The molecule has 0 aliphatic heterocycles. The van der Waals surface area contributed by atoms with Crippen molar-refractivity contribution in [3.05, 3.63) is 71.0 Å². The van der Waals surface area contributed by atoms with Crippen LogP contribution in [0.25, 0.3) is 10.6 Å². The maximum absolute atomic E-state index is 11.9. The first-order chi connectivity index (χ1) is 11.7. The third-order valence-electron chi connectivity index (χ3n) is 3.27. The molecule has 0 aliphatic rings. The molecule has 0 saturated heterocycles. The van der Waals surface area contributed by atoms with Crippen molar-refractivity contribution >= 4 is 17.3 Å². The number of aromatic nitrogens is 2. The lowest BCUT2D eigenvalue weighted by molar-refractivity contribution is -0.144. The van der Waals surface area contributed by atoms with E-state index >= 15 is 0 Å². The van der Waals surface area contributed by atoms with Crippen LogP contribution in [-0.4, -0.2) is 15.9 Å². The highest BCUT2D eigenvalue weighted by Gasteiger charge is 2.10. The lowest BCUT2D eigenvalue weighted by Gasteiger charge is -2.04. The minimum atomic E-state index is -0.331. The van der Waals surface area contributed by atoms with Crippen LogP contribution >= 0.6 is 11.3 Å². The van der Waals surface area contributed by atoms with Gasteiger partial charge in [0.05, 0.1) is 23.7 Å². The highest BCUT2D eigenvalue weighted by molar-refractivity contribution is 7.13. The molecule has 2 aromatic heterocycles. The smallest absolute Gasteiger partial charge is 0.312 e. The minimum absolute atomic E-state index is 0.132. The van der Waals surface area contributed by atoms with Gasteiger partial charge in [-0.05, 0) is 29.8 Å². The molecule has 0 saturated carbocycles. The van der Waals surface area contributed by atoms with Crippen molar-refractivity contribution < 1.29 is 9.53 Å². The van der Waals surface area contributed by atoms with E-state index in [1.807, 2.05) is 23.6 Å². The van der Waals surface area contributed by atoms with Crippen LogP contribution in [0.3, 0.4) is 0 Å². The molecule has 118 valence electrons. The molecule has 0 amide bonds. The Labute approximate surface area is 143 Å². The molecule has 24 heavy (non-hydrogen) atoms. The zero-order valence-corrected chi connectivity index (χ0v) is 13.5. The Morgan fingerprint density at radius 1 is 1.25 bits per heavy atom. The maximum Gasteiger partial charge on any atom is 0.312 e. The van der Waals surface area contributed by atoms with E-state index in [1.165, 1.54) is 11.3 Å². The molecule has 0 atom stereocenters. The zero-order valence-electron chi connectivity index (χ0n) is 12.7. The zero-order chi connectivity index (χ0) is 16.8. The van der Waals surface area contributed by atoms with Gasteiger partial charge in [0.25, 0.3) is 0 Å². The first kappa shape index (κ1) is 15.8. The van der Waals surface area contributed by atoms with Crippen molar-refractivity contribution in [2.45, 2.75) is 13.0 Å². The number of ether oxygens (including phenoxy) is 1. The fraction of sp³-hybridized carbons (Fsp3) is 0.111. The maximum atomic E-state index is 11.9. The van der Waals surface area contributed by atoms with Crippen LogP contribution in [0.15, 0.2) is 54.2 Å². The fourth-order valence-electron chi connectivity index (χ4n) is 2.05. The van der Waals surface area contributed by atoms with Crippen LogP contribution in [0.1, 0.15) is 16.8 Å². The molecule has 5 nitrogen and oxygen atoms in total. The van der Waals surface area contributed by atoms with Gasteiger partial charge in [0.2, 0.25) is 0 Å². The van der Waals surface area contributed by atoms with Crippen molar-refractivity contribution in [2.24, 2.45) is 0 Å². The van der Waals surface area contributed by atoms with Gasteiger partial charge in [0, 0.05) is 23.3 Å². The predicted molar refractivity (Wildman–Crippen MR) is 90.0 cm³/mol. The van der Waals surface area contributed by atoms with E-state index in [2.05, 4.69) is 9.97 Å². The second kappa shape index (κ2) is 7.49. The summed E-state index contributed by atoms with van der Waals surface area (Å²) in [5, 5.41) is 11.4. The lowest BCUT2D eigenvalue weighted by Crippen LogP contribution is -2.08. The Morgan fingerprint density at radius 2 is 2.08 bits per heavy atom. The number of rotatable bonds is 5. The Hall–Kier alpha value is -3.04. The Bertz CT molecular complexity index is 867. The summed E-state index contributed by atoms with van der Waals surface area (Å²) in [4.78, 5) is 20.4. The van der Waals surface area contributed by atoms with Gasteiger partial charge < -0.3 is 4.74 Å². The average molecular weight is 335 g/mol. The topological polar surface area (TPSA) is 75.9 Å². The monoisotopic (exact) mass is 335 g/mol. The number of nitrogens with zero attached hydrogens (tertiary/aromatic N) is 3. The summed E-state index contributed by atoms with van der Waals surface area (Å²) in [6.07, 6.45) is 3.58. The first-order valence-corrected chi connectivity index (χ1v) is 8.12. The lowest BCUT2D eigenvalue weighted by atomic mass is 10.2. The number of carbonyl (C=O) groups excluding carboxylic acids is 1. The molecular formula is C18H13N3O2S. The van der Waals surface area contributed by atoms with E-state index in [0.717, 1.165) is 16.1 Å². The molecule has 3 rings (SSSR count). The quantitative estimate of drug-likeness (QED) is 0.668. The van der Waals surface area contributed by atoms with Crippen LogP contribution in [0, 0.1) is 11.3 Å². The Balaban J connectivity index is 1.55. The van der Waals surface area contributed by atoms with Gasteiger partial charge in [0.1, 0.15) is 11.6 Å². The molecule has 2 heterocycles. The Morgan fingerprint density at radius 3 is 2.79 bits per heavy atom. The molecule has 0 spiro atoms. The summed E-state index contributed by atoms with van der Waals surface area (Å²) in [5.74, 6) is -0.331. The van der Waals surface area contributed by atoms with Crippen LogP contribution in [0.5, 0.6) is 0 Å². The molecule has 3 aromatic rings. The summed E-state index contributed by atoms with van der Waals surface area (Å²) in [6.45, 7) is 0.185. The second-order valence-electron chi connectivity index (χ2n) is 5.03. The summed E-state index contributed by atoms with van der Waals surface area (Å²) in [6, 6.07) is 12.8. The summed E-state index contributed by atoms with van der Waals surface area (Å²) in [7, 11) is 0. The van der Waals surface area contributed by atoms with Crippen LogP contribution < -0.4 is 0 Å². The molecule has 0 bridgehead atoms. The molecule has 0 radical (unpaired) electrons. The Kier molecular flexibility index (Phi) is 4.94. The van der Waals surface area contributed by atoms with Gasteiger partial charge >= 0.3 is 5.97 Å². The first-order valence-electron chi connectivity index (χ1n) is 7.24. The van der Waals surface area contributed by atoms with Crippen molar-refractivity contribution in [3.63, 3.8) is 0 Å². The van der Waals surface area contributed by atoms with Crippen molar-refractivity contribution in [3.8, 4) is 16.6 Å². The number of hydrogen-bond donors (Lipinski definition) is 0. The van der Waals surface area contributed by atoms with Gasteiger partial charge in [-0.15, -0.1) is 11.3 Å². The summed E-state index contributed by atoms with van der Waals surface area (Å²) >= 11 is 1.47. The van der Waals surface area contributed by atoms with Crippen molar-refractivity contribution in [1.29, 1.82) is 5.26 Å². The number of thiazole rings is 1. The molecule has 6 heteroatoms. The van der Waals surface area contributed by atoms with E-state index in [0.29, 0.717) is 11.3 Å². The molecule has 1 aromatic carbocycles. The van der Waals surface area contributed by atoms with E-state index in [9.17, 15) is 4.79 Å². The SMILES string of the molecule is N#Cc1ccc(COC(=O)Cc2csc(-c3cccnc3)n2)cc1. The molecule has 0 aliphatic carbocycles. The van der Waals surface area contributed by atoms with Crippen molar-refractivity contribution in [1.82, 2.24) is 9.97 Å². The predicted octanol–water partition coefficient (Wildman–Crippen LogP) is 3.36. The van der Waals surface area contributed by atoms with Crippen LogP contribution in [0.2, 0.25) is 0 Å². The van der Waals surface area contributed by atoms with Gasteiger partial charge in [-0.1, -0.05) is 12.1 Å². The van der Waals surface area contributed by atoms with Gasteiger partial charge in [-0.3, -0.25) is 9.78 Å². The van der Waals surface area contributed by atoms with Gasteiger partial charge in [-0.25, -0.2) is 4.98 Å². The molecule has 0 fully saturated rings. The largest absolute Gasteiger partial charge is 0.461 e. The standard InChI is InChI=1S/C18H13N3O2S/c19-9-13-3-5-14(6-4-13)11-23-17(22)8-16-12-24-18(21-16)15-2-1-7-20-10-15/h1-7,10,12H,8,11H2. The number of carbonyl (C=O) groups is 1. The number of nitriles is 1. The summed E-state index contributed by atoms with van der Waals surface area (Å²) < 4.78 is 5.25. The van der Waals surface area contributed by atoms with Crippen molar-refractivity contribution in [2.75, 3.05) is 0 Å². The van der Waals surface area contributed by atoms with E-state index in [1.54, 1.807) is 36.7 Å². The third-order valence-corrected chi connectivity index (χ3v) is 4.21. The molecule has 0 N–H and O–H groups in total. The van der Waals surface area contributed by atoms with Crippen LogP contribution in [0.4, 0.5) is 0 Å². The second-order valence-corrected chi connectivity index (χ2v) is 5.89. The number of hydrogen-bond acceptors (Lipinski definition) is 6. The fourth-order valence-corrected chi connectivity index (χ4v) is 2.86.